The van der Waals surface area contributed by atoms with Gasteiger partial charge < -0.3 is 9.97 Å². The first-order valence-corrected chi connectivity index (χ1v) is 20.4. The molecular formula is C45H48IrN2Si-2. The zero-order valence-electron chi connectivity index (χ0n) is 30.1. The molecule has 0 saturated heterocycles. The molecule has 2 aromatic heterocycles. The van der Waals surface area contributed by atoms with Crippen LogP contribution in [0.4, 0.5) is 0 Å². The molecule has 4 aromatic carbocycles. The van der Waals surface area contributed by atoms with E-state index in [1.54, 1.807) is 0 Å². The third kappa shape index (κ3) is 9.82. The molecule has 0 N–H and O–H groups in total. The fourth-order valence-corrected chi connectivity index (χ4v) is 6.88. The molecule has 0 bridgehead atoms. The number of pyridine rings is 2. The van der Waals surface area contributed by atoms with Gasteiger partial charge in [0.05, 0.1) is 0 Å². The molecule has 0 aliphatic heterocycles. The fourth-order valence-electron chi connectivity index (χ4n) is 5.80. The minimum absolute atomic E-state index is 0. The van der Waals surface area contributed by atoms with Crippen molar-refractivity contribution in [1.82, 2.24) is 9.97 Å². The van der Waals surface area contributed by atoms with Gasteiger partial charge in [0.25, 0.3) is 0 Å². The summed E-state index contributed by atoms with van der Waals surface area (Å²) < 4.78 is 0. The average Bonchev–Trinajstić information content (AvgIpc) is 3.09. The van der Waals surface area contributed by atoms with Gasteiger partial charge in [-0.3, -0.25) is 0 Å². The van der Waals surface area contributed by atoms with Gasteiger partial charge in [-0.15, -0.1) is 69.9 Å². The van der Waals surface area contributed by atoms with Crippen molar-refractivity contribution in [2.45, 2.75) is 71.5 Å². The maximum atomic E-state index is 4.59. The van der Waals surface area contributed by atoms with E-state index in [2.05, 4.69) is 179 Å². The van der Waals surface area contributed by atoms with E-state index in [0.29, 0.717) is 0 Å². The monoisotopic (exact) mass is 837 g/mol. The summed E-state index contributed by atoms with van der Waals surface area (Å²) in [4.78, 5) is 9.13. The molecule has 4 heteroatoms. The quantitative estimate of drug-likeness (QED) is 0.118. The minimum atomic E-state index is -1.42. The number of nitrogens with zero attached hydrogens (tertiary/aromatic N) is 2. The molecule has 0 fully saturated rings. The van der Waals surface area contributed by atoms with E-state index in [1.807, 2.05) is 30.6 Å². The molecule has 2 nitrogen and oxygen atoms in total. The van der Waals surface area contributed by atoms with Gasteiger partial charge in [-0.1, -0.05) is 133 Å². The van der Waals surface area contributed by atoms with Crippen LogP contribution in [0.1, 0.15) is 62.4 Å². The Morgan fingerprint density at radius 3 is 1.90 bits per heavy atom. The topological polar surface area (TPSA) is 25.8 Å². The van der Waals surface area contributed by atoms with Crippen molar-refractivity contribution in [1.29, 1.82) is 0 Å². The Kier molecular flexibility index (Phi) is 12.5. The number of hydrogen-bond donors (Lipinski definition) is 0. The first kappa shape index (κ1) is 37.9. The second kappa shape index (κ2) is 16.2. The van der Waals surface area contributed by atoms with Crippen molar-refractivity contribution >= 4 is 13.3 Å². The van der Waals surface area contributed by atoms with Crippen LogP contribution in [0.2, 0.25) is 19.6 Å². The zero-order chi connectivity index (χ0) is 34.4. The Bertz CT molecular complexity index is 1920. The van der Waals surface area contributed by atoms with E-state index < -0.39 is 8.07 Å². The largest absolute Gasteiger partial charge is 0.305 e. The first-order chi connectivity index (χ1) is 22.8. The Balaban J connectivity index is 0.000000217. The Labute approximate surface area is 309 Å². The van der Waals surface area contributed by atoms with Crippen molar-refractivity contribution in [3.05, 3.63) is 174 Å². The fraction of sp³-hybridized carbons (Fsp3) is 0.244. The first-order valence-electron chi connectivity index (χ1n) is 16.9. The van der Waals surface area contributed by atoms with Crippen molar-refractivity contribution < 1.29 is 20.1 Å². The average molecular weight is 837 g/mol. The van der Waals surface area contributed by atoms with Crippen LogP contribution < -0.4 is 5.19 Å². The second-order valence-corrected chi connectivity index (χ2v) is 20.2. The van der Waals surface area contributed by atoms with E-state index in [0.717, 1.165) is 28.9 Å². The third-order valence-corrected chi connectivity index (χ3v) is 10.9. The summed E-state index contributed by atoms with van der Waals surface area (Å²) in [6.45, 7) is 18.4. The van der Waals surface area contributed by atoms with Gasteiger partial charge in [0.15, 0.2) is 0 Å². The summed E-state index contributed by atoms with van der Waals surface area (Å²) in [7, 11) is -1.42. The van der Waals surface area contributed by atoms with E-state index >= 15 is 0 Å². The van der Waals surface area contributed by atoms with Crippen LogP contribution in [0.25, 0.3) is 22.5 Å². The molecule has 0 aliphatic carbocycles. The summed E-state index contributed by atoms with van der Waals surface area (Å²) in [6.07, 6.45) is 4.68. The van der Waals surface area contributed by atoms with Crippen LogP contribution in [-0.2, 0) is 37.4 Å². The van der Waals surface area contributed by atoms with E-state index in [4.69, 9.17) is 0 Å². The Hall–Kier alpha value is -3.95. The molecule has 6 aromatic rings. The summed E-state index contributed by atoms with van der Waals surface area (Å²) in [5.41, 5.74) is 10.7. The summed E-state index contributed by atoms with van der Waals surface area (Å²) in [5.74, 6) is 0. The zero-order valence-corrected chi connectivity index (χ0v) is 33.5. The van der Waals surface area contributed by atoms with Crippen molar-refractivity contribution in [3.63, 3.8) is 0 Å². The predicted molar refractivity (Wildman–Crippen MR) is 207 cm³/mol. The van der Waals surface area contributed by atoms with E-state index in [-0.39, 0.29) is 30.9 Å². The maximum absolute atomic E-state index is 4.59. The molecule has 0 spiro atoms. The molecular weight excluding hydrogens is 789 g/mol. The SMILES string of the molecule is CC(C)(C)c1cc[c-]c(-c2cc(Cc3ccccc3)ccn2)c1.CC(C)(c1ccccc1)c1cc([Si](C)(C)C)c[c-]c1-c1ccccn1.[Ir]. The summed E-state index contributed by atoms with van der Waals surface area (Å²) >= 11 is 0. The molecule has 1 radical (unpaired) electrons. The Morgan fingerprint density at radius 1 is 0.612 bits per heavy atom. The number of aromatic nitrogens is 2. The van der Waals surface area contributed by atoms with Crippen LogP contribution in [0, 0.1) is 12.1 Å². The molecule has 0 aliphatic rings. The molecule has 0 unspecified atom stereocenters. The van der Waals surface area contributed by atoms with Gasteiger partial charge in [-0.2, -0.15) is 0 Å². The van der Waals surface area contributed by atoms with Gasteiger partial charge in [0.2, 0.25) is 0 Å². The molecule has 0 atom stereocenters. The molecule has 0 saturated carbocycles. The minimum Gasteiger partial charge on any atom is -0.305 e. The smallest absolute Gasteiger partial charge is 0.0292 e. The molecule has 49 heavy (non-hydrogen) atoms. The van der Waals surface area contributed by atoms with E-state index in [9.17, 15) is 0 Å². The van der Waals surface area contributed by atoms with Crippen molar-refractivity contribution in [2.24, 2.45) is 0 Å². The maximum Gasteiger partial charge on any atom is 0.0292 e. The van der Waals surface area contributed by atoms with Crippen LogP contribution in [0.3, 0.4) is 0 Å². The third-order valence-electron chi connectivity index (χ3n) is 8.92. The second-order valence-electron chi connectivity index (χ2n) is 15.1. The Morgan fingerprint density at radius 2 is 1.27 bits per heavy atom. The summed E-state index contributed by atoms with van der Waals surface area (Å²) in [5, 5.41) is 1.44. The number of rotatable bonds is 7. The van der Waals surface area contributed by atoms with Gasteiger partial charge in [-0.05, 0) is 57.5 Å². The normalized spacial score (nSPS) is 11.6. The van der Waals surface area contributed by atoms with Crippen molar-refractivity contribution in [3.8, 4) is 22.5 Å². The molecule has 6 rings (SSSR count). The van der Waals surface area contributed by atoms with E-state index in [1.165, 1.54) is 33.0 Å². The number of benzene rings is 4. The van der Waals surface area contributed by atoms with Crippen LogP contribution in [0.15, 0.2) is 134 Å². The van der Waals surface area contributed by atoms with Gasteiger partial charge >= 0.3 is 0 Å². The predicted octanol–water partition coefficient (Wildman–Crippen LogP) is 10.9. The number of hydrogen-bond acceptors (Lipinski definition) is 2. The van der Waals surface area contributed by atoms with Gasteiger partial charge in [-0.25, -0.2) is 0 Å². The molecule has 253 valence electrons. The van der Waals surface area contributed by atoms with Gasteiger partial charge in [0.1, 0.15) is 0 Å². The van der Waals surface area contributed by atoms with Crippen LogP contribution in [-0.4, -0.2) is 18.0 Å². The standard InChI is InChI=1S/C23H26NSi.C22H22N.Ir/c1-23(2,18-11-7-6-8-12-18)21-17-19(25(3,4)5)14-15-20(21)22-13-9-10-16-24-22;1-22(2,3)20-11-7-10-19(16-20)21-15-18(12-13-23-21)14-17-8-5-4-6-9-17;/h6-14,16-17H,1-5H3;4-9,11-13,15-16H,14H2,1-3H3;/q2*-1;. The summed E-state index contributed by atoms with van der Waals surface area (Å²) in [6, 6.07) is 49.4. The molecule has 2 heterocycles. The molecule has 0 amide bonds. The van der Waals surface area contributed by atoms with Gasteiger partial charge in [0, 0.05) is 40.6 Å². The van der Waals surface area contributed by atoms with Crippen molar-refractivity contribution in [2.75, 3.05) is 0 Å². The van der Waals surface area contributed by atoms with Crippen LogP contribution >= 0.6 is 0 Å². The van der Waals surface area contributed by atoms with Crippen LogP contribution in [0.5, 0.6) is 0 Å².